The van der Waals surface area contributed by atoms with Crippen LogP contribution in [0.2, 0.25) is 0 Å². The Morgan fingerprint density at radius 3 is 2.42 bits per heavy atom. The summed E-state index contributed by atoms with van der Waals surface area (Å²) in [5.41, 5.74) is 0. The topological polar surface area (TPSA) is 55.7 Å². The number of carboxylic acid groups (broad SMARTS) is 1. The predicted molar refractivity (Wildman–Crippen MR) is 74.7 cm³/mol. The van der Waals surface area contributed by atoms with Crippen LogP contribution in [0.1, 0.15) is 46.0 Å². The summed E-state index contributed by atoms with van der Waals surface area (Å²) in [4.78, 5) is 17.5. The molecule has 1 aliphatic rings. The fourth-order valence-corrected chi connectivity index (χ4v) is 2.99. The molecule has 1 aliphatic heterocycles. The second kappa shape index (κ2) is 11.1. The van der Waals surface area contributed by atoms with Crippen LogP contribution in [0.4, 0.5) is 0 Å². The van der Waals surface area contributed by atoms with Gasteiger partial charge < -0.3 is 9.90 Å². The molecule has 1 heterocycles. The molecule has 0 bridgehead atoms. The second-order valence-corrected chi connectivity index (χ2v) is 5.70. The van der Waals surface area contributed by atoms with Crippen molar-refractivity contribution >= 4 is 22.8 Å². The van der Waals surface area contributed by atoms with Gasteiger partial charge in [0.1, 0.15) is 6.17 Å². The third-order valence-corrected chi connectivity index (χ3v) is 4.05. The number of hydrogen-bond acceptors (Lipinski definition) is 5. The van der Waals surface area contributed by atoms with Gasteiger partial charge in [-0.25, -0.2) is 0 Å². The number of carbonyl (C=O) groups is 1. The Morgan fingerprint density at radius 1 is 1.37 bits per heavy atom. The van der Waals surface area contributed by atoms with Gasteiger partial charge in [0.05, 0.1) is 5.04 Å². The Balaban J connectivity index is 0.00000324. The molecule has 1 atom stereocenters. The zero-order valence-electron chi connectivity index (χ0n) is 12.4. The average molecular weight is 294 g/mol. The first-order valence-corrected chi connectivity index (χ1v) is 7.79. The Hall–Kier alpha value is 0.450. The maximum Gasteiger partial charge on any atom is 1.00 e. The first-order chi connectivity index (χ1) is 8.67. The van der Waals surface area contributed by atoms with Crippen molar-refractivity contribution in [2.45, 2.75) is 52.1 Å². The van der Waals surface area contributed by atoms with Gasteiger partial charge >= 0.3 is 29.6 Å². The van der Waals surface area contributed by atoms with Crippen LogP contribution in [0.15, 0.2) is 4.99 Å². The van der Waals surface area contributed by atoms with E-state index in [2.05, 4.69) is 23.7 Å². The predicted octanol–water partition coefficient (Wildman–Crippen LogP) is -1.50. The van der Waals surface area contributed by atoms with Crippen LogP contribution in [0.3, 0.4) is 0 Å². The maximum atomic E-state index is 10.6. The van der Waals surface area contributed by atoms with Crippen molar-refractivity contribution < 1.29 is 39.5 Å². The van der Waals surface area contributed by atoms with Crippen molar-refractivity contribution in [1.29, 1.82) is 0 Å². The molecule has 1 unspecified atom stereocenters. The SMILES string of the molecule is CCCCN(CCCC)C1CSC(CC(=O)[O-])=N1.[Na+]. The minimum atomic E-state index is -1.03. The standard InChI is InChI=1S/C13H24N2O2S.Na/c1-3-5-7-15(8-6-4-2)11-10-18-12(14-11)9-13(16)17;/h11H,3-10H2,1-2H3,(H,16,17);/q;+1/p-1. The summed E-state index contributed by atoms with van der Waals surface area (Å²) in [7, 11) is 0. The molecule has 0 spiro atoms. The number of carbonyl (C=O) groups excluding carboxylic acids is 1. The molecular formula is C13H23N2NaO2S. The number of thioether (sulfide) groups is 1. The summed E-state index contributed by atoms with van der Waals surface area (Å²) in [6, 6.07) is 0. The van der Waals surface area contributed by atoms with Crippen molar-refractivity contribution in [3.8, 4) is 0 Å². The van der Waals surface area contributed by atoms with Crippen LogP contribution in [0.5, 0.6) is 0 Å². The van der Waals surface area contributed by atoms with E-state index in [1.54, 1.807) is 11.8 Å². The van der Waals surface area contributed by atoms with E-state index in [0.717, 1.165) is 23.9 Å². The normalized spacial score (nSPS) is 18.3. The molecule has 0 aliphatic carbocycles. The molecule has 0 saturated heterocycles. The number of rotatable bonds is 9. The molecule has 19 heavy (non-hydrogen) atoms. The van der Waals surface area contributed by atoms with Gasteiger partial charge in [-0.2, -0.15) is 0 Å². The van der Waals surface area contributed by atoms with Gasteiger partial charge in [0.25, 0.3) is 0 Å². The largest absolute Gasteiger partial charge is 1.00 e. The molecule has 0 fully saturated rings. The summed E-state index contributed by atoms with van der Waals surface area (Å²) in [6.45, 7) is 6.49. The fraction of sp³-hybridized carbons (Fsp3) is 0.846. The van der Waals surface area contributed by atoms with E-state index in [0.29, 0.717) is 0 Å². The van der Waals surface area contributed by atoms with Crippen molar-refractivity contribution in [3.63, 3.8) is 0 Å². The van der Waals surface area contributed by atoms with Gasteiger partial charge in [-0.1, -0.05) is 26.7 Å². The monoisotopic (exact) mass is 294 g/mol. The first-order valence-electron chi connectivity index (χ1n) is 6.80. The number of carboxylic acids is 1. The minimum Gasteiger partial charge on any atom is -0.550 e. The van der Waals surface area contributed by atoms with Gasteiger partial charge in [-0.3, -0.25) is 9.89 Å². The van der Waals surface area contributed by atoms with Crippen LogP contribution < -0.4 is 34.7 Å². The zero-order valence-corrected chi connectivity index (χ0v) is 15.2. The van der Waals surface area contributed by atoms with E-state index < -0.39 is 5.97 Å². The quantitative estimate of drug-likeness (QED) is 0.486. The second-order valence-electron chi connectivity index (χ2n) is 4.61. The smallest absolute Gasteiger partial charge is 0.550 e. The van der Waals surface area contributed by atoms with Gasteiger partial charge in [0.2, 0.25) is 0 Å². The van der Waals surface area contributed by atoms with Crippen molar-refractivity contribution in [2.24, 2.45) is 4.99 Å². The molecule has 0 amide bonds. The van der Waals surface area contributed by atoms with E-state index in [-0.39, 0.29) is 42.1 Å². The summed E-state index contributed by atoms with van der Waals surface area (Å²) in [5, 5.41) is 11.3. The Morgan fingerprint density at radius 2 is 1.95 bits per heavy atom. The first kappa shape index (κ1) is 19.4. The van der Waals surface area contributed by atoms with Gasteiger partial charge in [0, 0.05) is 31.2 Å². The Labute approximate surface area is 142 Å². The van der Waals surface area contributed by atoms with Gasteiger partial charge in [-0.15, -0.1) is 11.8 Å². The summed E-state index contributed by atoms with van der Waals surface area (Å²) in [6.07, 6.45) is 4.85. The molecule has 1 rings (SSSR count). The van der Waals surface area contributed by atoms with Crippen molar-refractivity contribution in [2.75, 3.05) is 18.8 Å². The third kappa shape index (κ3) is 7.71. The number of unbranched alkanes of at least 4 members (excludes halogenated alkanes) is 2. The van der Waals surface area contributed by atoms with Crippen LogP contribution in [-0.2, 0) is 4.79 Å². The summed E-state index contributed by atoms with van der Waals surface area (Å²) >= 11 is 1.56. The molecule has 104 valence electrons. The van der Waals surface area contributed by atoms with Crippen LogP contribution in [0.25, 0.3) is 0 Å². The molecular weight excluding hydrogens is 271 g/mol. The number of aliphatic carboxylic acids is 1. The molecule has 0 aromatic carbocycles. The van der Waals surface area contributed by atoms with Crippen molar-refractivity contribution in [1.82, 2.24) is 4.90 Å². The molecule has 0 N–H and O–H groups in total. The van der Waals surface area contributed by atoms with E-state index in [9.17, 15) is 9.90 Å². The summed E-state index contributed by atoms with van der Waals surface area (Å²) in [5.74, 6) is -0.147. The third-order valence-electron chi connectivity index (χ3n) is 3.01. The Bertz CT molecular complexity index is 292. The van der Waals surface area contributed by atoms with E-state index in [1.165, 1.54) is 25.7 Å². The summed E-state index contributed by atoms with van der Waals surface area (Å²) < 4.78 is 0. The van der Waals surface area contributed by atoms with Crippen molar-refractivity contribution in [3.05, 3.63) is 0 Å². The molecule has 0 aromatic heterocycles. The number of aliphatic imine (C=N–C) groups is 1. The van der Waals surface area contributed by atoms with Gasteiger partial charge in [-0.05, 0) is 12.8 Å². The van der Waals surface area contributed by atoms with Crippen LogP contribution in [0, 0.1) is 0 Å². The Kier molecular flexibility index (Phi) is 11.4. The maximum absolute atomic E-state index is 10.6. The van der Waals surface area contributed by atoms with E-state index in [1.807, 2.05) is 0 Å². The average Bonchev–Trinajstić information content (AvgIpc) is 2.77. The molecule has 0 aromatic rings. The molecule has 0 saturated carbocycles. The number of hydrogen-bond donors (Lipinski definition) is 0. The minimum absolute atomic E-state index is 0. The molecule has 0 radical (unpaired) electrons. The van der Waals surface area contributed by atoms with Crippen LogP contribution >= 0.6 is 11.8 Å². The molecule has 6 heteroatoms. The number of nitrogens with zero attached hydrogens (tertiary/aromatic N) is 2. The zero-order chi connectivity index (χ0) is 13.4. The molecule has 4 nitrogen and oxygen atoms in total. The van der Waals surface area contributed by atoms with E-state index >= 15 is 0 Å². The fourth-order valence-electron chi connectivity index (χ4n) is 1.95. The van der Waals surface area contributed by atoms with Gasteiger partial charge in [0.15, 0.2) is 0 Å². The van der Waals surface area contributed by atoms with E-state index in [4.69, 9.17) is 0 Å². The van der Waals surface area contributed by atoms with Crippen LogP contribution in [-0.4, -0.2) is 40.9 Å².